The third-order valence-corrected chi connectivity index (χ3v) is 9.90. The molecule has 0 unspecified atom stereocenters. The quantitative estimate of drug-likeness (QED) is 0.347. The number of hydrogen-bond acceptors (Lipinski definition) is 8. The Morgan fingerprint density at radius 1 is 1.00 bits per heavy atom. The molecule has 3 aromatic rings. The van der Waals surface area contributed by atoms with Gasteiger partial charge in [-0.2, -0.15) is 0 Å². The van der Waals surface area contributed by atoms with Crippen LogP contribution >= 0.6 is 0 Å². The first-order valence-corrected chi connectivity index (χ1v) is 16.0. The topological polar surface area (TPSA) is 132 Å². The summed E-state index contributed by atoms with van der Waals surface area (Å²) >= 11 is 0. The zero-order valence-electron chi connectivity index (χ0n) is 23.7. The van der Waals surface area contributed by atoms with Gasteiger partial charge in [-0.3, -0.25) is 9.52 Å². The summed E-state index contributed by atoms with van der Waals surface area (Å²) in [4.78, 5) is 26.5. The Balaban J connectivity index is 1.33. The van der Waals surface area contributed by atoms with Gasteiger partial charge in [-0.05, 0) is 50.2 Å². The van der Waals surface area contributed by atoms with Crippen molar-refractivity contribution in [1.29, 1.82) is 0 Å². The van der Waals surface area contributed by atoms with E-state index in [0.717, 1.165) is 31.7 Å². The Bertz CT molecular complexity index is 1660. The maximum atomic E-state index is 15.3. The second-order valence-electron chi connectivity index (χ2n) is 11.8. The fourth-order valence-corrected chi connectivity index (χ4v) is 6.76. The summed E-state index contributed by atoms with van der Waals surface area (Å²) in [6.45, 7) is 2.54. The highest BCUT2D eigenvalue weighted by molar-refractivity contribution is 7.92. The van der Waals surface area contributed by atoms with Gasteiger partial charge in [-0.15, -0.1) is 0 Å². The minimum Gasteiger partial charge on any atom is -0.395 e. The summed E-state index contributed by atoms with van der Waals surface area (Å²) in [5.74, 6) is -4.49. The summed E-state index contributed by atoms with van der Waals surface area (Å²) in [6, 6.07) is 2.32. The number of rotatable bonds is 8. The Labute approximate surface area is 247 Å². The van der Waals surface area contributed by atoms with E-state index in [-0.39, 0.29) is 43.0 Å². The van der Waals surface area contributed by atoms with Crippen LogP contribution in [-0.2, 0) is 10.0 Å². The van der Waals surface area contributed by atoms with Crippen LogP contribution in [0.5, 0.6) is 0 Å². The molecule has 0 radical (unpaired) electrons. The van der Waals surface area contributed by atoms with Crippen molar-refractivity contribution >= 4 is 44.6 Å². The molecule has 1 saturated carbocycles. The van der Waals surface area contributed by atoms with E-state index < -0.39 is 40.0 Å². The van der Waals surface area contributed by atoms with E-state index >= 15 is 4.39 Å². The number of benzene rings is 1. The zero-order chi connectivity index (χ0) is 30.6. The van der Waals surface area contributed by atoms with Gasteiger partial charge in [0.2, 0.25) is 10.0 Å². The fraction of sp³-hybridized carbons (Fsp3) is 0.536. The zero-order valence-corrected chi connectivity index (χ0v) is 24.6. The number of aliphatic hydroxyl groups excluding tert-OH is 1. The number of carbonyl (C=O) groups excluding carboxylic acids is 1. The molecule has 3 N–H and O–H groups in total. The van der Waals surface area contributed by atoms with Gasteiger partial charge >= 0.3 is 0 Å². The number of imidazole rings is 1. The van der Waals surface area contributed by atoms with Crippen molar-refractivity contribution in [2.75, 3.05) is 58.4 Å². The molecule has 1 amide bonds. The van der Waals surface area contributed by atoms with Gasteiger partial charge < -0.3 is 24.6 Å². The molecule has 1 spiro atoms. The minimum absolute atomic E-state index is 0.00257. The maximum absolute atomic E-state index is 15.3. The molecule has 15 heteroatoms. The SMILES string of the molecule is Cc1cn2cc(NC(=O)c3cc(F)c(NS(=O)(=O)CCO)cc3N3CCC4(CC3)CC4)nc(N3CCC(F)(F)CC3)c2n1. The first kappa shape index (κ1) is 29.5. The number of carbonyl (C=O) groups is 1. The molecule has 0 bridgehead atoms. The van der Waals surface area contributed by atoms with Gasteiger partial charge in [0.05, 0.1) is 41.2 Å². The fourth-order valence-electron chi connectivity index (χ4n) is 5.93. The van der Waals surface area contributed by atoms with Gasteiger partial charge in [0.1, 0.15) is 5.82 Å². The molecule has 11 nitrogen and oxygen atoms in total. The highest BCUT2D eigenvalue weighted by Gasteiger charge is 2.45. The van der Waals surface area contributed by atoms with Crippen molar-refractivity contribution in [3.8, 4) is 0 Å². The van der Waals surface area contributed by atoms with Crippen molar-refractivity contribution in [1.82, 2.24) is 14.4 Å². The van der Waals surface area contributed by atoms with Crippen molar-refractivity contribution in [3.05, 3.63) is 41.6 Å². The molecular weight excluding hydrogens is 587 g/mol. The van der Waals surface area contributed by atoms with Gasteiger partial charge in [-0.1, -0.05) is 0 Å². The van der Waals surface area contributed by atoms with Crippen LogP contribution in [-0.4, -0.2) is 78.3 Å². The Hall–Kier alpha value is -3.59. The third-order valence-electron chi connectivity index (χ3n) is 8.65. The summed E-state index contributed by atoms with van der Waals surface area (Å²) in [5.41, 5.74) is 1.52. The summed E-state index contributed by atoms with van der Waals surface area (Å²) in [7, 11) is -4.02. The van der Waals surface area contributed by atoms with Crippen LogP contribution in [0.4, 0.5) is 36.2 Å². The number of aliphatic hydroxyl groups is 1. The van der Waals surface area contributed by atoms with E-state index in [0.29, 0.717) is 41.4 Å². The molecule has 2 aromatic heterocycles. The normalized spacial score (nSPS) is 19.6. The van der Waals surface area contributed by atoms with Gasteiger partial charge in [0.25, 0.3) is 11.8 Å². The largest absolute Gasteiger partial charge is 0.395 e. The molecule has 43 heavy (non-hydrogen) atoms. The second kappa shape index (κ2) is 10.8. The highest BCUT2D eigenvalue weighted by Crippen LogP contribution is 2.54. The molecule has 4 heterocycles. The number of nitrogens with one attached hydrogen (secondary N) is 2. The Kier molecular flexibility index (Phi) is 7.43. The summed E-state index contributed by atoms with van der Waals surface area (Å²) in [6.07, 6.45) is 6.76. The standard InChI is InChI=1S/C28H34F3N7O4S/c1-18-16-38-17-23(33-25(24(38)32-18)37-10-6-28(30,31)7-11-37)34-26(40)19-14-20(29)21(35-43(41,42)13-12-39)15-22(19)36-8-4-27(2-3-27)5-9-36/h14-17,35,39H,2-13H2,1H3,(H,34,40). The number of sulfonamides is 1. The first-order valence-electron chi connectivity index (χ1n) is 14.4. The molecule has 1 aromatic carbocycles. The minimum atomic E-state index is -4.02. The lowest BCUT2D eigenvalue weighted by molar-refractivity contribution is -0.0221. The van der Waals surface area contributed by atoms with Crippen molar-refractivity contribution in [3.63, 3.8) is 0 Å². The summed E-state index contributed by atoms with van der Waals surface area (Å²) in [5, 5.41) is 11.8. The smallest absolute Gasteiger partial charge is 0.259 e. The van der Waals surface area contributed by atoms with E-state index in [4.69, 9.17) is 5.11 Å². The molecule has 2 aliphatic heterocycles. The monoisotopic (exact) mass is 621 g/mol. The second-order valence-corrected chi connectivity index (χ2v) is 13.7. The molecule has 3 fully saturated rings. The van der Waals surface area contributed by atoms with Crippen molar-refractivity contribution in [2.24, 2.45) is 5.41 Å². The van der Waals surface area contributed by atoms with Gasteiger partial charge in [0.15, 0.2) is 17.3 Å². The highest BCUT2D eigenvalue weighted by atomic mass is 32.2. The van der Waals surface area contributed by atoms with Crippen LogP contribution in [0.1, 0.15) is 54.6 Å². The lowest BCUT2D eigenvalue weighted by Gasteiger charge is -2.35. The number of halogens is 3. The number of fused-ring (bicyclic) bond motifs is 1. The van der Waals surface area contributed by atoms with Crippen LogP contribution in [0.15, 0.2) is 24.5 Å². The molecule has 3 aliphatic rings. The first-order chi connectivity index (χ1) is 20.4. The average Bonchev–Trinajstić information content (AvgIpc) is 3.58. The molecule has 2 saturated heterocycles. The van der Waals surface area contributed by atoms with Crippen molar-refractivity contribution < 1.29 is 31.5 Å². The van der Waals surface area contributed by atoms with E-state index in [1.807, 2.05) is 4.90 Å². The molecule has 6 rings (SSSR count). The number of aromatic nitrogens is 3. The number of hydrogen-bond donors (Lipinski definition) is 3. The Morgan fingerprint density at radius 3 is 2.33 bits per heavy atom. The molecule has 0 atom stereocenters. The maximum Gasteiger partial charge on any atom is 0.259 e. The van der Waals surface area contributed by atoms with Crippen LogP contribution in [0.2, 0.25) is 0 Å². The molecule has 232 valence electrons. The van der Waals surface area contributed by atoms with E-state index in [2.05, 4.69) is 20.0 Å². The van der Waals surface area contributed by atoms with Crippen LogP contribution in [0.25, 0.3) is 5.65 Å². The van der Waals surface area contributed by atoms with E-state index in [1.54, 1.807) is 28.6 Å². The number of nitrogens with zero attached hydrogens (tertiary/aromatic N) is 5. The van der Waals surface area contributed by atoms with Crippen molar-refractivity contribution in [2.45, 2.75) is 51.4 Å². The number of alkyl halides is 2. The van der Waals surface area contributed by atoms with Gasteiger partial charge in [0, 0.05) is 45.2 Å². The lowest BCUT2D eigenvalue weighted by Crippen LogP contribution is -2.40. The van der Waals surface area contributed by atoms with E-state index in [9.17, 15) is 22.0 Å². The predicted molar refractivity (Wildman–Crippen MR) is 156 cm³/mol. The van der Waals surface area contributed by atoms with Gasteiger partial charge in [-0.25, -0.2) is 31.6 Å². The predicted octanol–water partition coefficient (Wildman–Crippen LogP) is 3.78. The van der Waals surface area contributed by atoms with Crippen LogP contribution < -0.4 is 19.8 Å². The van der Waals surface area contributed by atoms with E-state index in [1.165, 1.54) is 6.07 Å². The van der Waals surface area contributed by atoms with Crippen LogP contribution in [0.3, 0.4) is 0 Å². The molecule has 1 aliphatic carbocycles. The molecular formula is C28H34F3N7O4S. The number of aryl methyl sites for hydroxylation is 1. The number of piperidine rings is 2. The Morgan fingerprint density at radius 2 is 1.67 bits per heavy atom. The third kappa shape index (κ3) is 6.23. The lowest BCUT2D eigenvalue weighted by atomic mass is 9.93. The van der Waals surface area contributed by atoms with Crippen LogP contribution in [0, 0.1) is 18.2 Å². The average molecular weight is 622 g/mol. The number of amides is 1. The number of anilines is 4. The summed E-state index contributed by atoms with van der Waals surface area (Å²) < 4.78 is 71.5.